The van der Waals surface area contributed by atoms with Crippen LogP contribution in [0.25, 0.3) is 33.5 Å². The minimum absolute atomic E-state index is 0.224. The van der Waals surface area contributed by atoms with Crippen LogP contribution in [0.1, 0.15) is 20.3 Å². The van der Waals surface area contributed by atoms with Gasteiger partial charge in [0.05, 0.1) is 22.9 Å². The fraction of sp³-hybridized carbons (Fsp3) is 0.227. The summed E-state index contributed by atoms with van der Waals surface area (Å²) in [6.07, 6.45) is 7.03. The van der Waals surface area contributed by atoms with E-state index in [0.29, 0.717) is 30.2 Å². The van der Waals surface area contributed by atoms with Crippen molar-refractivity contribution in [2.24, 2.45) is 5.73 Å². The monoisotopic (exact) mass is 431 g/mol. The molecule has 0 aromatic carbocycles. The molecule has 0 bridgehead atoms. The minimum Gasteiger partial charge on any atom is -0.328 e. The number of nitrogens with one attached hydrogen (secondary N) is 2. The van der Waals surface area contributed by atoms with Crippen molar-refractivity contribution in [2.45, 2.75) is 32.4 Å². The molecule has 32 heavy (non-hydrogen) atoms. The van der Waals surface area contributed by atoms with Crippen LogP contribution in [0.15, 0.2) is 49.1 Å². The van der Waals surface area contributed by atoms with Gasteiger partial charge in [-0.2, -0.15) is 5.10 Å². The summed E-state index contributed by atoms with van der Waals surface area (Å²) >= 11 is 0. The molecule has 9 nitrogen and oxygen atoms in total. The normalized spacial score (nSPS) is 12.0. The van der Waals surface area contributed by atoms with Crippen molar-refractivity contribution >= 4 is 33.8 Å². The molecule has 5 aromatic rings. The molecule has 5 aromatic heterocycles. The highest BCUT2D eigenvalue weighted by atomic mass is 19.1. The predicted octanol–water partition coefficient (Wildman–Crippen LogP) is 3.77. The highest BCUT2D eigenvalue weighted by molar-refractivity contribution is 5.90. The molecule has 162 valence electrons. The van der Waals surface area contributed by atoms with Crippen molar-refractivity contribution in [3.63, 3.8) is 0 Å². The lowest BCUT2D eigenvalue weighted by atomic mass is 10.0. The van der Waals surface area contributed by atoms with Crippen molar-refractivity contribution < 1.29 is 4.39 Å². The second kappa shape index (κ2) is 7.65. The van der Waals surface area contributed by atoms with Gasteiger partial charge in [-0.15, -0.1) is 0 Å². The van der Waals surface area contributed by atoms with Crippen LogP contribution >= 0.6 is 0 Å². The third kappa shape index (κ3) is 3.87. The fourth-order valence-corrected chi connectivity index (χ4v) is 3.50. The summed E-state index contributed by atoms with van der Waals surface area (Å²) in [5.74, 6) is 0.601. The number of nitrogens with zero attached hydrogens (tertiary/aromatic N) is 6. The predicted molar refractivity (Wildman–Crippen MR) is 121 cm³/mol. The van der Waals surface area contributed by atoms with E-state index in [-0.39, 0.29) is 11.1 Å². The van der Waals surface area contributed by atoms with Crippen molar-refractivity contribution in [3.05, 3.63) is 54.9 Å². The van der Waals surface area contributed by atoms with E-state index < -0.39 is 5.82 Å². The summed E-state index contributed by atoms with van der Waals surface area (Å²) < 4.78 is 16.0. The number of aryl methyl sites for hydroxylation is 1. The molecule has 0 unspecified atom stereocenters. The zero-order chi connectivity index (χ0) is 22.3. The van der Waals surface area contributed by atoms with E-state index in [2.05, 4.69) is 35.5 Å². The SMILES string of the molecule is CC(C)(N)CCn1cc(F)c2ncc(Nc3cc(-c4ccnc5cccnc45)[nH]n3)nc21. The van der Waals surface area contributed by atoms with E-state index in [1.165, 1.54) is 12.4 Å². The number of hydrogen-bond donors (Lipinski definition) is 3. The van der Waals surface area contributed by atoms with Crippen LogP contribution in [0.2, 0.25) is 0 Å². The Hall–Kier alpha value is -3.92. The zero-order valence-electron chi connectivity index (χ0n) is 17.7. The molecule has 0 fully saturated rings. The number of rotatable bonds is 6. The topological polar surface area (TPSA) is 123 Å². The molecule has 0 amide bonds. The number of H-pyrrole nitrogens is 1. The molecule has 5 rings (SSSR count). The molecule has 0 radical (unpaired) electrons. The van der Waals surface area contributed by atoms with Crippen LogP contribution in [-0.4, -0.2) is 40.2 Å². The summed E-state index contributed by atoms with van der Waals surface area (Å²) in [7, 11) is 0. The maximum absolute atomic E-state index is 14.3. The number of halogens is 1. The second-order valence-electron chi connectivity index (χ2n) is 8.36. The van der Waals surface area contributed by atoms with Gasteiger partial charge in [-0.25, -0.2) is 14.4 Å². The Morgan fingerprint density at radius 3 is 2.84 bits per heavy atom. The van der Waals surface area contributed by atoms with E-state index in [1.807, 2.05) is 38.1 Å². The third-order valence-electron chi connectivity index (χ3n) is 5.14. The summed E-state index contributed by atoms with van der Waals surface area (Å²) in [6.45, 7) is 4.41. The first-order chi connectivity index (χ1) is 15.4. The van der Waals surface area contributed by atoms with Crippen molar-refractivity contribution in [1.29, 1.82) is 0 Å². The van der Waals surface area contributed by atoms with Crippen LogP contribution in [0.3, 0.4) is 0 Å². The number of anilines is 2. The van der Waals surface area contributed by atoms with Crippen LogP contribution in [-0.2, 0) is 6.54 Å². The van der Waals surface area contributed by atoms with Gasteiger partial charge in [0, 0.05) is 42.3 Å². The molecule has 0 saturated carbocycles. The molecule has 0 spiro atoms. The smallest absolute Gasteiger partial charge is 0.168 e. The maximum Gasteiger partial charge on any atom is 0.168 e. The Balaban J connectivity index is 1.43. The van der Waals surface area contributed by atoms with E-state index >= 15 is 0 Å². The maximum atomic E-state index is 14.3. The lowest BCUT2D eigenvalue weighted by molar-refractivity contribution is 0.438. The number of pyridine rings is 2. The van der Waals surface area contributed by atoms with E-state index in [0.717, 1.165) is 22.3 Å². The summed E-state index contributed by atoms with van der Waals surface area (Å²) in [5.41, 5.74) is 9.64. The van der Waals surface area contributed by atoms with Crippen LogP contribution in [0, 0.1) is 5.82 Å². The Labute approximate surface area is 182 Å². The largest absolute Gasteiger partial charge is 0.328 e. The number of hydrogen-bond acceptors (Lipinski definition) is 7. The van der Waals surface area contributed by atoms with Gasteiger partial charge in [0.25, 0.3) is 0 Å². The average molecular weight is 431 g/mol. The molecule has 10 heteroatoms. The van der Waals surface area contributed by atoms with Gasteiger partial charge >= 0.3 is 0 Å². The molecule has 0 atom stereocenters. The molecule has 5 heterocycles. The van der Waals surface area contributed by atoms with E-state index in [4.69, 9.17) is 5.73 Å². The molecular weight excluding hydrogens is 409 g/mol. The van der Waals surface area contributed by atoms with Crippen molar-refractivity contribution in [2.75, 3.05) is 5.32 Å². The number of fused-ring (bicyclic) bond motifs is 2. The Bertz CT molecular complexity index is 1410. The fourth-order valence-electron chi connectivity index (χ4n) is 3.50. The Morgan fingerprint density at radius 2 is 2.00 bits per heavy atom. The zero-order valence-corrected chi connectivity index (χ0v) is 17.7. The minimum atomic E-state index is -0.409. The van der Waals surface area contributed by atoms with Crippen LogP contribution in [0.5, 0.6) is 0 Å². The van der Waals surface area contributed by atoms with Gasteiger partial charge in [0.15, 0.2) is 23.1 Å². The second-order valence-corrected chi connectivity index (χ2v) is 8.36. The van der Waals surface area contributed by atoms with E-state index in [9.17, 15) is 4.39 Å². The van der Waals surface area contributed by atoms with E-state index in [1.54, 1.807) is 17.0 Å². The lowest BCUT2D eigenvalue weighted by Gasteiger charge is -2.18. The number of aromatic amines is 1. The van der Waals surface area contributed by atoms with Gasteiger partial charge in [0.1, 0.15) is 5.52 Å². The molecular formula is C22H22FN9. The van der Waals surface area contributed by atoms with Gasteiger partial charge < -0.3 is 15.6 Å². The summed E-state index contributed by atoms with van der Waals surface area (Å²) in [5, 5.41) is 10.5. The van der Waals surface area contributed by atoms with Gasteiger partial charge in [-0.1, -0.05) is 0 Å². The van der Waals surface area contributed by atoms with Crippen LogP contribution in [0.4, 0.5) is 16.0 Å². The van der Waals surface area contributed by atoms with Crippen LogP contribution < -0.4 is 11.1 Å². The number of nitrogens with two attached hydrogens (primary N) is 1. The Kier molecular flexibility index (Phi) is 4.78. The molecule has 0 aliphatic heterocycles. The van der Waals surface area contributed by atoms with Gasteiger partial charge in [-0.3, -0.25) is 15.1 Å². The Morgan fingerprint density at radius 1 is 1.12 bits per heavy atom. The molecule has 0 aliphatic rings. The highest BCUT2D eigenvalue weighted by Crippen LogP contribution is 2.27. The highest BCUT2D eigenvalue weighted by Gasteiger charge is 2.16. The summed E-state index contributed by atoms with van der Waals surface area (Å²) in [6, 6.07) is 7.49. The van der Waals surface area contributed by atoms with Gasteiger partial charge in [0.2, 0.25) is 0 Å². The third-order valence-corrected chi connectivity index (χ3v) is 5.14. The number of aromatic nitrogens is 7. The standard InChI is InChI=1S/C22H22FN9/c1-22(2,24)6-9-32-12-14(23)20-21(32)29-18(11-27-20)28-17-10-16(30-31-17)13-5-8-25-15-4-3-7-26-19(13)15/h3-5,7-8,10-12H,6,9,24H2,1-2H3,(H2,28,29,30,31). The lowest BCUT2D eigenvalue weighted by Crippen LogP contribution is -2.33. The first kappa shape index (κ1) is 20.0. The first-order valence-corrected chi connectivity index (χ1v) is 10.2. The van der Waals surface area contributed by atoms with Crippen molar-refractivity contribution in [3.8, 4) is 11.3 Å². The molecule has 0 aliphatic carbocycles. The van der Waals surface area contributed by atoms with Gasteiger partial charge in [-0.05, 0) is 38.5 Å². The van der Waals surface area contributed by atoms with Crippen molar-refractivity contribution in [1.82, 2.24) is 34.7 Å². The quantitative estimate of drug-likeness (QED) is 0.374. The average Bonchev–Trinajstić information content (AvgIpc) is 3.35. The summed E-state index contributed by atoms with van der Waals surface area (Å²) in [4.78, 5) is 17.6. The molecule has 0 saturated heterocycles. The first-order valence-electron chi connectivity index (χ1n) is 10.2. The molecule has 4 N–H and O–H groups in total.